The number of hydrogen-bond donors (Lipinski definition) is 2. The number of carbonyl (C=O) groups excluding carboxylic acids is 1. The Bertz CT molecular complexity index is 211. The maximum atomic E-state index is 11.4. The quantitative estimate of drug-likeness (QED) is 0.565. The Morgan fingerprint density at radius 3 is 2.23 bits per heavy atom. The predicted octanol–water partition coefficient (Wildman–Crippen LogP) is -0.589. The summed E-state index contributed by atoms with van der Waals surface area (Å²) in [6.07, 6.45) is 2.99. The summed E-state index contributed by atoms with van der Waals surface area (Å²) >= 11 is 0. The van der Waals surface area contributed by atoms with Crippen LogP contribution in [-0.2, 0) is 9.59 Å². The minimum atomic E-state index is -1.39. The van der Waals surface area contributed by atoms with Gasteiger partial charge >= 0.3 is 5.97 Å². The first-order valence-corrected chi connectivity index (χ1v) is 4.40. The van der Waals surface area contributed by atoms with Crippen molar-refractivity contribution in [3.8, 4) is 0 Å². The zero-order chi connectivity index (χ0) is 9.84. The van der Waals surface area contributed by atoms with Crippen molar-refractivity contribution in [3.05, 3.63) is 0 Å². The van der Waals surface area contributed by atoms with Crippen molar-refractivity contribution >= 4 is 11.9 Å². The number of carboxylic acid groups (broad SMARTS) is 1. The minimum Gasteiger partial charge on any atom is -0.480 e. The van der Waals surface area contributed by atoms with Gasteiger partial charge in [-0.3, -0.25) is 4.79 Å². The molecule has 1 atom stereocenters. The average Bonchev–Trinajstić information content (AvgIpc) is 2.17. The molecular formula is C8H14N2O3. The number of hydrogen-bond acceptors (Lipinski definition) is 3. The Morgan fingerprint density at radius 1 is 1.23 bits per heavy atom. The molecule has 0 unspecified atom stereocenters. The van der Waals surface area contributed by atoms with E-state index < -0.39 is 17.9 Å². The topological polar surface area (TPSA) is 83.6 Å². The van der Waals surface area contributed by atoms with Crippen molar-refractivity contribution in [2.75, 3.05) is 13.1 Å². The molecule has 1 heterocycles. The summed E-state index contributed by atoms with van der Waals surface area (Å²) in [4.78, 5) is 23.3. The number of carboxylic acids is 1. The van der Waals surface area contributed by atoms with Gasteiger partial charge in [0.1, 0.15) is 0 Å². The Balaban J connectivity index is 2.50. The Kier molecular flexibility index (Phi) is 3.25. The maximum absolute atomic E-state index is 11.4. The van der Waals surface area contributed by atoms with Crippen molar-refractivity contribution in [3.63, 3.8) is 0 Å². The fourth-order valence-electron chi connectivity index (χ4n) is 1.42. The lowest BCUT2D eigenvalue weighted by Gasteiger charge is -2.27. The molecule has 1 amide bonds. The van der Waals surface area contributed by atoms with E-state index >= 15 is 0 Å². The fraction of sp³-hybridized carbons (Fsp3) is 0.750. The third-order valence-corrected chi connectivity index (χ3v) is 2.20. The zero-order valence-corrected chi connectivity index (χ0v) is 7.40. The minimum absolute atomic E-state index is 0.466. The van der Waals surface area contributed by atoms with Gasteiger partial charge in [0.2, 0.25) is 0 Å². The van der Waals surface area contributed by atoms with E-state index in [1.54, 1.807) is 0 Å². The van der Waals surface area contributed by atoms with Gasteiger partial charge in [0, 0.05) is 13.1 Å². The van der Waals surface area contributed by atoms with Crippen LogP contribution < -0.4 is 5.73 Å². The molecule has 13 heavy (non-hydrogen) atoms. The van der Waals surface area contributed by atoms with Crippen molar-refractivity contribution in [2.24, 2.45) is 5.73 Å². The number of piperidine rings is 1. The second-order valence-corrected chi connectivity index (χ2v) is 3.20. The second-order valence-electron chi connectivity index (χ2n) is 3.20. The van der Waals surface area contributed by atoms with E-state index in [0.29, 0.717) is 13.1 Å². The van der Waals surface area contributed by atoms with Gasteiger partial charge in [-0.2, -0.15) is 0 Å². The lowest BCUT2D eigenvalue weighted by molar-refractivity contribution is -0.146. The predicted molar refractivity (Wildman–Crippen MR) is 46.0 cm³/mol. The molecule has 1 saturated heterocycles. The highest BCUT2D eigenvalue weighted by molar-refractivity contribution is 6.00. The number of carbonyl (C=O) groups is 2. The summed E-state index contributed by atoms with van der Waals surface area (Å²) in [6.45, 7) is 1.28. The number of rotatable bonds is 2. The highest BCUT2D eigenvalue weighted by Gasteiger charge is 2.27. The SMILES string of the molecule is N[C@@H](C(=O)O)C(=O)N1CCCCC1. The lowest BCUT2D eigenvalue weighted by Crippen LogP contribution is -2.49. The second kappa shape index (κ2) is 4.23. The number of aliphatic carboxylic acids is 1. The van der Waals surface area contributed by atoms with Gasteiger partial charge < -0.3 is 15.7 Å². The van der Waals surface area contributed by atoms with Crippen molar-refractivity contribution < 1.29 is 14.7 Å². The Labute approximate surface area is 76.5 Å². The third-order valence-electron chi connectivity index (χ3n) is 2.20. The maximum Gasteiger partial charge on any atom is 0.330 e. The molecule has 0 aromatic carbocycles. The molecule has 0 aliphatic carbocycles. The van der Waals surface area contributed by atoms with E-state index in [1.807, 2.05) is 0 Å². The lowest BCUT2D eigenvalue weighted by atomic mass is 10.1. The van der Waals surface area contributed by atoms with Crippen LogP contribution in [0.2, 0.25) is 0 Å². The Morgan fingerprint density at radius 2 is 1.77 bits per heavy atom. The standard InChI is InChI=1S/C8H14N2O3/c9-6(8(12)13)7(11)10-4-2-1-3-5-10/h6H,1-5,9H2,(H,12,13)/t6-/m1/s1. The molecule has 0 saturated carbocycles. The molecule has 1 fully saturated rings. The van der Waals surface area contributed by atoms with Crippen molar-refractivity contribution in [1.29, 1.82) is 0 Å². The first-order chi connectivity index (χ1) is 6.13. The van der Waals surface area contributed by atoms with Crippen LogP contribution in [0.5, 0.6) is 0 Å². The third kappa shape index (κ3) is 2.42. The van der Waals surface area contributed by atoms with Gasteiger partial charge in [-0.25, -0.2) is 4.79 Å². The molecular weight excluding hydrogens is 172 g/mol. The molecule has 74 valence electrons. The van der Waals surface area contributed by atoms with Crippen molar-refractivity contribution in [1.82, 2.24) is 4.90 Å². The van der Waals surface area contributed by atoms with Gasteiger partial charge in [0.25, 0.3) is 5.91 Å². The molecule has 1 aliphatic rings. The first kappa shape index (κ1) is 9.98. The van der Waals surface area contributed by atoms with E-state index in [2.05, 4.69) is 0 Å². The molecule has 1 rings (SSSR count). The van der Waals surface area contributed by atoms with Gasteiger partial charge in [-0.05, 0) is 19.3 Å². The molecule has 0 aromatic rings. The molecule has 0 radical (unpaired) electrons. The molecule has 1 aliphatic heterocycles. The van der Waals surface area contributed by atoms with Gasteiger partial charge in [0.05, 0.1) is 0 Å². The normalized spacial score (nSPS) is 19.6. The molecule has 0 bridgehead atoms. The van der Waals surface area contributed by atoms with Crippen LogP contribution in [0, 0.1) is 0 Å². The largest absolute Gasteiger partial charge is 0.480 e. The van der Waals surface area contributed by atoms with E-state index in [-0.39, 0.29) is 0 Å². The van der Waals surface area contributed by atoms with Crippen molar-refractivity contribution in [2.45, 2.75) is 25.3 Å². The number of amides is 1. The number of likely N-dealkylation sites (tertiary alicyclic amines) is 1. The van der Waals surface area contributed by atoms with Gasteiger partial charge in [-0.15, -0.1) is 0 Å². The summed E-state index contributed by atoms with van der Waals surface area (Å²) in [6, 6.07) is -1.39. The van der Waals surface area contributed by atoms with Crippen LogP contribution in [0.3, 0.4) is 0 Å². The molecule has 5 heteroatoms. The average molecular weight is 186 g/mol. The zero-order valence-electron chi connectivity index (χ0n) is 7.40. The number of nitrogens with zero attached hydrogens (tertiary/aromatic N) is 1. The van der Waals surface area contributed by atoms with Crippen LogP contribution >= 0.6 is 0 Å². The summed E-state index contributed by atoms with van der Waals surface area (Å²) in [5.74, 6) is -1.72. The van der Waals surface area contributed by atoms with Crippen LogP contribution in [0.25, 0.3) is 0 Å². The molecule has 0 aromatic heterocycles. The monoisotopic (exact) mass is 186 g/mol. The molecule has 5 nitrogen and oxygen atoms in total. The smallest absolute Gasteiger partial charge is 0.330 e. The van der Waals surface area contributed by atoms with E-state index in [1.165, 1.54) is 4.90 Å². The summed E-state index contributed by atoms with van der Waals surface area (Å²) in [5, 5.41) is 8.51. The summed E-state index contributed by atoms with van der Waals surface area (Å²) in [7, 11) is 0. The van der Waals surface area contributed by atoms with E-state index in [0.717, 1.165) is 19.3 Å². The summed E-state index contributed by atoms with van der Waals surface area (Å²) in [5.41, 5.74) is 5.20. The summed E-state index contributed by atoms with van der Waals surface area (Å²) < 4.78 is 0. The number of nitrogens with two attached hydrogens (primary N) is 1. The Hall–Kier alpha value is -1.10. The first-order valence-electron chi connectivity index (χ1n) is 4.40. The van der Waals surface area contributed by atoms with Gasteiger partial charge in [-0.1, -0.05) is 0 Å². The van der Waals surface area contributed by atoms with E-state index in [4.69, 9.17) is 10.8 Å². The van der Waals surface area contributed by atoms with Crippen LogP contribution in [-0.4, -0.2) is 41.0 Å². The van der Waals surface area contributed by atoms with Crippen LogP contribution in [0.15, 0.2) is 0 Å². The highest BCUT2D eigenvalue weighted by Crippen LogP contribution is 2.09. The molecule has 0 spiro atoms. The van der Waals surface area contributed by atoms with Crippen LogP contribution in [0.4, 0.5) is 0 Å². The van der Waals surface area contributed by atoms with Crippen LogP contribution in [0.1, 0.15) is 19.3 Å². The highest BCUT2D eigenvalue weighted by atomic mass is 16.4. The van der Waals surface area contributed by atoms with E-state index in [9.17, 15) is 9.59 Å². The fourth-order valence-corrected chi connectivity index (χ4v) is 1.42. The van der Waals surface area contributed by atoms with Gasteiger partial charge in [0.15, 0.2) is 6.04 Å². The molecule has 3 N–H and O–H groups in total.